The Morgan fingerprint density at radius 1 is 1.50 bits per heavy atom. The summed E-state index contributed by atoms with van der Waals surface area (Å²) >= 11 is 0. The summed E-state index contributed by atoms with van der Waals surface area (Å²) in [6.07, 6.45) is 0. The number of likely N-dealkylation sites (N-methyl/N-ethyl adjacent to an activating group) is 1. The lowest BCUT2D eigenvalue weighted by Gasteiger charge is -2.23. The van der Waals surface area contributed by atoms with Crippen molar-refractivity contribution >= 4 is 5.91 Å². The Labute approximate surface area is 61.0 Å². The second-order valence-electron chi connectivity index (χ2n) is 2.65. The number of carbonyl (C=O) groups excluding carboxylic acids is 1. The van der Waals surface area contributed by atoms with Crippen LogP contribution in [0.3, 0.4) is 0 Å². The predicted molar refractivity (Wildman–Crippen MR) is 36.7 cm³/mol. The second-order valence-corrected chi connectivity index (χ2v) is 2.65. The number of amides is 1. The minimum atomic E-state index is 0. The van der Waals surface area contributed by atoms with Crippen molar-refractivity contribution in [3.63, 3.8) is 0 Å². The summed E-state index contributed by atoms with van der Waals surface area (Å²) in [6.45, 7) is 2.08. The maximum Gasteiger partial charge on any atom is 0.310 e. The molecule has 2 N–H and O–H groups in total. The summed E-state index contributed by atoms with van der Waals surface area (Å²) in [4.78, 5) is 10.7. The van der Waals surface area contributed by atoms with Crippen molar-refractivity contribution in [2.24, 2.45) is 0 Å². The summed E-state index contributed by atoms with van der Waals surface area (Å²) in [5.74, 6) is 0.0732. The summed E-state index contributed by atoms with van der Waals surface area (Å²) in [7, 11) is 3.55. The number of carbonyl (C=O) groups is 1. The molecule has 0 atom stereocenters. The van der Waals surface area contributed by atoms with Crippen LogP contribution < -0.4 is 0 Å². The van der Waals surface area contributed by atoms with Crippen molar-refractivity contribution in [3.8, 4) is 0 Å². The minimum Gasteiger partial charge on any atom is -0.870 e. The Morgan fingerprint density at radius 2 is 1.90 bits per heavy atom. The summed E-state index contributed by atoms with van der Waals surface area (Å²) in [6, 6.07) is 0. The van der Waals surface area contributed by atoms with Gasteiger partial charge in [0.2, 0.25) is 0 Å². The van der Waals surface area contributed by atoms with E-state index in [9.17, 15) is 4.79 Å². The summed E-state index contributed by atoms with van der Waals surface area (Å²) < 4.78 is 0.260. The Morgan fingerprint density at radius 3 is 2.00 bits per heavy atom. The molecule has 0 aliphatic rings. The lowest BCUT2D eigenvalue weighted by molar-refractivity contribution is -0.813. The molecule has 0 spiro atoms. The first-order chi connectivity index (χ1) is 4.00. The van der Waals surface area contributed by atoms with Gasteiger partial charge in [-0.25, -0.2) is 4.79 Å². The van der Waals surface area contributed by atoms with Crippen molar-refractivity contribution in [2.75, 3.05) is 27.2 Å². The van der Waals surface area contributed by atoms with Crippen LogP contribution in [0.25, 0.3) is 0 Å². The first kappa shape index (κ1) is 12.2. The number of aliphatic hydroxyl groups excluding tert-OH is 1. The van der Waals surface area contributed by atoms with Crippen molar-refractivity contribution in [1.82, 2.24) is 0 Å². The molecule has 0 aromatic heterocycles. The van der Waals surface area contributed by atoms with Crippen LogP contribution in [0.15, 0.2) is 0 Å². The van der Waals surface area contributed by atoms with Gasteiger partial charge in [-0.2, -0.15) is 0 Å². The van der Waals surface area contributed by atoms with Crippen molar-refractivity contribution in [3.05, 3.63) is 0 Å². The molecule has 0 radical (unpaired) electrons. The van der Waals surface area contributed by atoms with Crippen LogP contribution in [-0.2, 0) is 4.79 Å². The molecule has 10 heavy (non-hydrogen) atoms. The zero-order valence-corrected chi connectivity index (χ0v) is 6.66. The molecule has 0 unspecified atom stereocenters. The van der Waals surface area contributed by atoms with Gasteiger partial charge in [-0.15, -0.1) is 0 Å². The highest BCUT2D eigenvalue weighted by Gasteiger charge is 2.19. The zero-order chi connectivity index (χ0) is 7.49. The third-order valence-electron chi connectivity index (χ3n) is 1.51. The van der Waals surface area contributed by atoms with Gasteiger partial charge in [0.15, 0.2) is 0 Å². The van der Waals surface area contributed by atoms with Crippen LogP contribution in [0.5, 0.6) is 0 Å². The third kappa shape index (κ3) is 3.55. The van der Waals surface area contributed by atoms with E-state index >= 15 is 0 Å². The summed E-state index contributed by atoms with van der Waals surface area (Å²) in [5.41, 5.74) is 0. The van der Waals surface area contributed by atoms with Gasteiger partial charge in [0.25, 0.3) is 0 Å². The Bertz CT molecular complexity index is 112. The van der Waals surface area contributed by atoms with Gasteiger partial charge < -0.3 is 10.6 Å². The maximum atomic E-state index is 10.7. The molecule has 1 amide bonds. The van der Waals surface area contributed by atoms with E-state index in [1.54, 1.807) is 14.1 Å². The van der Waals surface area contributed by atoms with E-state index in [0.717, 1.165) is 0 Å². The second kappa shape index (κ2) is 4.38. The van der Waals surface area contributed by atoms with Gasteiger partial charge in [0, 0.05) is 0 Å². The normalized spacial score (nSPS) is 10.4. The van der Waals surface area contributed by atoms with Crippen molar-refractivity contribution < 1.29 is 19.9 Å². The van der Waals surface area contributed by atoms with Crippen LogP contribution in [0.1, 0.15) is 6.92 Å². The number of aliphatic hydroxyl groups is 1. The fourth-order valence-electron chi connectivity index (χ4n) is 0.407. The molecule has 4 heteroatoms. The number of hydrogen-bond acceptors (Lipinski definition) is 3. The minimum absolute atomic E-state index is 0. The maximum absolute atomic E-state index is 10.7. The van der Waals surface area contributed by atoms with Gasteiger partial charge in [0.1, 0.15) is 6.54 Å². The molecule has 62 valence electrons. The average molecular weight is 149 g/mol. The van der Waals surface area contributed by atoms with E-state index < -0.39 is 0 Å². The quantitative estimate of drug-likeness (QED) is 0.534. The van der Waals surface area contributed by atoms with Crippen LogP contribution in [0.2, 0.25) is 0 Å². The lowest BCUT2D eigenvalue weighted by atomic mass is 10.4. The van der Waals surface area contributed by atoms with E-state index in [4.69, 9.17) is 5.11 Å². The van der Waals surface area contributed by atoms with Gasteiger partial charge >= 0.3 is 5.91 Å². The molecular formula is C6H15NO3. The molecule has 0 aliphatic carbocycles. The van der Waals surface area contributed by atoms with E-state index in [2.05, 4.69) is 0 Å². The molecule has 0 saturated carbocycles. The lowest BCUT2D eigenvalue weighted by Crippen LogP contribution is -2.45. The SMILES string of the molecule is CC(=O)[N+](C)(C)CCO.[OH-]. The monoisotopic (exact) mass is 149 g/mol. The van der Waals surface area contributed by atoms with Gasteiger partial charge in [0.05, 0.1) is 27.6 Å². The number of nitrogens with zero attached hydrogens (tertiary/aromatic N) is 1. The summed E-state index contributed by atoms with van der Waals surface area (Å²) in [5, 5.41) is 8.48. The van der Waals surface area contributed by atoms with Crippen molar-refractivity contribution in [1.29, 1.82) is 0 Å². The zero-order valence-electron chi connectivity index (χ0n) is 6.66. The number of quaternary nitrogens is 1. The largest absolute Gasteiger partial charge is 0.870 e. The molecule has 0 heterocycles. The van der Waals surface area contributed by atoms with E-state index in [1.165, 1.54) is 6.92 Å². The van der Waals surface area contributed by atoms with E-state index in [0.29, 0.717) is 6.54 Å². The van der Waals surface area contributed by atoms with Crippen LogP contribution >= 0.6 is 0 Å². The molecule has 0 saturated heterocycles. The molecule has 4 nitrogen and oxygen atoms in total. The molecule has 0 bridgehead atoms. The highest BCUT2D eigenvalue weighted by molar-refractivity contribution is 5.65. The number of rotatable bonds is 2. The highest BCUT2D eigenvalue weighted by atomic mass is 16.3. The van der Waals surface area contributed by atoms with Crippen LogP contribution in [-0.4, -0.2) is 48.2 Å². The van der Waals surface area contributed by atoms with E-state index in [1.807, 2.05) is 0 Å². The Kier molecular flexibility index (Phi) is 5.36. The van der Waals surface area contributed by atoms with Crippen LogP contribution in [0, 0.1) is 0 Å². The Hall–Kier alpha value is -0.450. The molecule has 0 aliphatic heterocycles. The first-order valence-electron chi connectivity index (χ1n) is 2.95. The molecule has 0 aromatic rings. The fraction of sp³-hybridized carbons (Fsp3) is 0.833. The van der Waals surface area contributed by atoms with Gasteiger partial charge in [-0.05, 0) is 0 Å². The predicted octanol–water partition coefficient (Wildman–Crippen LogP) is -0.575. The topological polar surface area (TPSA) is 67.3 Å². The molecular weight excluding hydrogens is 134 g/mol. The smallest absolute Gasteiger partial charge is 0.310 e. The van der Waals surface area contributed by atoms with E-state index in [-0.39, 0.29) is 22.5 Å². The fourth-order valence-corrected chi connectivity index (χ4v) is 0.407. The molecule has 0 rings (SSSR count). The standard InChI is InChI=1S/C6H14NO2.H2O/c1-6(9)7(2,3)4-5-8;/h8H,4-5H2,1-3H3;1H2/q+1;/p-1. The Balaban J connectivity index is 0. The van der Waals surface area contributed by atoms with Crippen molar-refractivity contribution in [2.45, 2.75) is 6.92 Å². The first-order valence-corrected chi connectivity index (χ1v) is 2.95. The van der Waals surface area contributed by atoms with Gasteiger partial charge in [-0.3, -0.25) is 4.48 Å². The van der Waals surface area contributed by atoms with Crippen LogP contribution in [0.4, 0.5) is 0 Å². The average Bonchev–Trinajstić information content (AvgIpc) is 1.65. The van der Waals surface area contributed by atoms with Gasteiger partial charge in [-0.1, -0.05) is 0 Å². The third-order valence-corrected chi connectivity index (χ3v) is 1.51. The highest BCUT2D eigenvalue weighted by Crippen LogP contribution is 1.94. The molecule has 0 aromatic carbocycles. The molecule has 0 fully saturated rings. The number of hydrogen-bond donors (Lipinski definition) is 1.